The first-order valence-corrected chi connectivity index (χ1v) is 6.36. The number of hydrogen-bond acceptors (Lipinski definition) is 2. The molecule has 0 aliphatic heterocycles. The Morgan fingerprint density at radius 1 is 1.12 bits per heavy atom. The molecule has 0 aliphatic rings. The lowest BCUT2D eigenvalue weighted by atomic mass is 9.87. The molecule has 1 aromatic rings. The molecule has 1 rings (SSSR count). The second-order valence-corrected chi connectivity index (χ2v) is 5.87. The highest BCUT2D eigenvalue weighted by Gasteiger charge is 2.12. The monoisotopic (exact) mass is 242 g/mol. The Hall–Kier alpha value is -1.16. The van der Waals surface area contributed by atoms with Gasteiger partial charge in [0, 0.05) is 0 Å². The van der Waals surface area contributed by atoms with Crippen LogP contribution in [0.2, 0.25) is 0 Å². The van der Waals surface area contributed by atoms with Gasteiger partial charge in [0.05, 0.1) is 5.41 Å². The van der Waals surface area contributed by atoms with Crippen LogP contribution in [-0.2, 0) is 15.6 Å². The van der Waals surface area contributed by atoms with E-state index in [1.807, 2.05) is 12.1 Å². The van der Waals surface area contributed by atoms with Gasteiger partial charge < -0.3 is 0 Å². The van der Waals surface area contributed by atoms with Crippen molar-refractivity contribution in [2.45, 2.75) is 26.2 Å². The molecule has 0 atom stereocenters. The SMILES string of the molecule is CC(C)(C)c1ccc(C=CS(=O)(=O)F)cc1. The third-order valence-corrected chi connectivity index (χ3v) is 2.66. The highest BCUT2D eigenvalue weighted by atomic mass is 32.3. The van der Waals surface area contributed by atoms with Crippen LogP contribution in [0.25, 0.3) is 6.08 Å². The van der Waals surface area contributed by atoms with E-state index in [0.29, 0.717) is 11.0 Å². The van der Waals surface area contributed by atoms with Crippen LogP contribution in [0.15, 0.2) is 29.7 Å². The van der Waals surface area contributed by atoms with Crippen LogP contribution in [0.4, 0.5) is 3.89 Å². The molecule has 0 radical (unpaired) electrons. The van der Waals surface area contributed by atoms with Gasteiger partial charge in [-0.1, -0.05) is 45.0 Å². The van der Waals surface area contributed by atoms with Gasteiger partial charge >= 0.3 is 10.2 Å². The van der Waals surface area contributed by atoms with Crippen molar-refractivity contribution < 1.29 is 12.3 Å². The first kappa shape index (κ1) is 12.9. The summed E-state index contributed by atoms with van der Waals surface area (Å²) < 4.78 is 32.8. The quantitative estimate of drug-likeness (QED) is 0.746. The van der Waals surface area contributed by atoms with Crippen LogP contribution < -0.4 is 0 Å². The Labute approximate surface area is 96.0 Å². The van der Waals surface area contributed by atoms with Gasteiger partial charge in [-0.25, -0.2) is 0 Å². The van der Waals surface area contributed by atoms with E-state index in [4.69, 9.17) is 0 Å². The summed E-state index contributed by atoms with van der Waals surface area (Å²) in [5.41, 5.74) is 1.86. The summed E-state index contributed by atoms with van der Waals surface area (Å²) in [7, 11) is -4.54. The molecule has 0 aliphatic carbocycles. The number of hydrogen-bond donors (Lipinski definition) is 0. The summed E-state index contributed by atoms with van der Waals surface area (Å²) in [6.45, 7) is 6.26. The van der Waals surface area contributed by atoms with E-state index in [1.165, 1.54) is 6.08 Å². The van der Waals surface area contributed by atoms with E-state index in [9.17, 15) is 12.3 Å². The minimum Gasteiger partial charge on any atom is -0.190 e. The van der Waals surface area contributed by atoms with Crippen LogP contribution in [0.5, 0.6) is 0 Å². The standard InChI is InChI=1S/C12H15FO2S/c1-12(2,3)11-6-4-10(5-7-11)8-9-16(13,14)15/h4-9H,1-3H3. The fourth-order valence-electron chi connectivity index (χ4n) is 1.25. The van der Waals surface area contributed by atoms with Crippen molar-refractivity contribution in [1.82, 2.24) is 0 Å². The van der Waals surface area contributed by atoms with Crippen LogP contribution in [0.1, 0.15) is 31.9 Å². The maximum atomic E-state index is 12.2. The first-order valence-electron chi connectivity index (χ1n) is 4.92. The number of rotatable bonds is 2. The van der Waals surface area contributed by atoms with Crippen molar-refractivity contribution in [2.75, 3.05) is 0 Å². The van der Waals surface area contributed by atoms with Crippen LogP contribution in [0, 0.1) is 0 Å². The molecule has 0 amide bonds. The summed E-state index contributed by atoms with van der Waals surface area (Å²) in [6.07, 6.45) is 1.24. The molecule has 2 nitrogen and oxygen atoms in total. The minimum absolute atomic E-state index is 0.0500. The molecule has 0 N–H and O–H groups in total. The minimum atomic E-state index is -4.54. The van der Waals surface area contributed by atoms with E-state index < -0.39 is 10.2 Å². The molecule has 0 aromatic heterocycles. The molecule has 0 saturated carbocycles. The largest absolute Gasteiger partial charge is 0.325 e. The van der Waals surface area contributed by atoms with Gasteiger partial charge in [-0.2, -0.15) is 8.42 Å². The molecule has 1 aromatic carbocycles. The van der Waals surface area contributed by atoms with Crippen LogP contribution >= 0.6 is 0 Å². The van der Waals surface area contributed by atoms with Crippen molar-refractivity contribution in [3.05, 3.63) is 40.8 Å². The maximum absolute atomic E-state index is 12.2. The third kappa shape index (κ3) is 4.14. The zero-order valence-corrected chi connectivity index (χ0v) is 10.4. The van der Waals surface area contributed by atoms with Gasteiger partial charge in [0.15, 0.2) is 0 Å². The number of benzene rings is 1. The Balaban J connectivity index is 2.93. The molecule has 16 heavy (non-hydrogen) atoms. The van der Waals surface area contributed by atoms with E-state index in [1.54, 1.807) is 12.1 Å². The van der Waals surface area contributed by atoms with Crippen LogP contribution in [-0.4, -0.2) is 8.42 Å². The smallest absolute Gasteiger partial charge is 0.190 e. The topological polar surface area (TPSA) is 34.1 Å². The van der Waals surface area contributed by atoms with Gasteiger partial charge in [-0.3, -0.25) is 0 Å². The van der Waals surface area contributed by atoms with Gasteiger partial charge in [0.25, 0.3) is 0 Å². The lowest BCUT2D eigenvalue weighted by Crippen LogP contribution is -2.10. The molecular formula is C12H15FO2S. The molecule has 0 spiro atoms. The zero-order chi connectivity index (χ0) is 12.4. The second-order valence-electron chi connectivity index (χ2n) is 4.65. The summed E-state index contributed by atoms with van der Waals surface area (Å²) in [6, 6.07) is 7.35. The van der Waals surface area contributed by atoms with E-state index in [0.717, 1.165) is 5.56 Å². The summed E-state index contributed by atoms with van der Waals surface area (Å²) in [5, 5.41) is 0.555. The second kappa shape index (κ2) is 4.37. The van der Waals surface area contributed by atoms with Crippen molar-refractivity contribution in [2.24, 2.45) is 0 Å². The average molecular weight is 242 g/mol. The van der Waals surface area contributed by atoms with Crippen molar-refractivity contribution in [3.8, 4) is 0 Å². The van der Waals surface area contributed by atoms with Crippen molar-refractivity contribution in [1.29, 1.82) is 0 Å². The predicted molar refractivity (Wildman–Crippen MR) is 64.2 cm³/mol. The van der Waals surface area contributed by atoms with Crippen molar-refractivity contribution >= 4 is 16.3 Å². The molecule has 0 saturated heterocycles. The lowest BCUT2D eigenvalue weighted by molar-refractivity contribution is 0.563. The van der Waals surface area contributed by atoms with Crippen LogP contribution in [0.3, 0.4) is 0 Å². The first-order chi connectivity index (χ1) is 7.18. The summed E-state index contributed by atoms with van der Waals surface area (Å²) in [5.74, 6) is 0. The van der Waals surface area contributed by atoms with Crippen molar-refractivity contribution in [3.63, 3.8) is 0 Å². The Morgan fingerprint density at radius 2 is 1.62 bits per heavy atom. The molecular weight excluding hydrogens is 227 g/mol. The normalized spacial score (nSPS) is 13.2. The summed E-state index contributed by atoms with van der Waals surface area (Å²) >= 11 is 0. The highest BCUT2D eigenvalue weighted by Crippen LogP contribution is 2.22. The molecule has 0 unspecified atom stereocenters. The Bertz CT molecular complexity index is 479. The van der Waals surface area contributed by atoms with Gasteiger partial charge in [0.1, 0.15) is 0 Å². The van der Waals surface area contributed by atoms with Gasteiger partial charge in [-0.05, 0) is 22.6 Å². The average Bonchev–Trinajstić information content (AvgIpc) is 2.13. The van der Waals surface area contributed by atoms with Gasteiger partial charge in [-0.15, -0.1) is 3.89 Å². The summed E-state index contributed by atoms with van der Waals surface area (Å²) in [4.78, 5) is 0. The molecule has 0 bridgehead atoms. The van der Waals surface area contributed by atoms with Gasteiger partial charge in [0.2, 0.25) is 0 Å². The fraction of sp³-hybridized carbons (Fsp3) is 0.333. The Morgan fingerprint density at radius 3 is 2.00 bits per heavy atom. The zero-order valence-electron chi connectivity index (χ0n) is 9.57. The lowest BCUT2D eigenvalue weighted by Gasteiger charge is -2.18. The predicted octanol–water partition coefficient (Wildman–Crippen LogP) is 3.25. The fourth-order valence-corrected chi connectivity index (χ4v) is 1.57. The molecule has 88 valence electrons. The van der Waals surface area contributed by atoms with E-state index in [2.05, 4.69) is 20.8 Å². The molecule has 0 heterocycles. The molecule has 0 fully saturated rings. The Kier molecular flexibility index (Phi) is 3.53. The van der Waals surface area contributed by atoms with E-state index >= 15 is 0 Å². The maximum Gasteiger partial charge on any atom is 0.325 e. The van der Waals surface area contributed by atoms with E-state index in [-0.39, 0.29) is 5.41 Å². The highest BCUT2D eigenvalue weighted by molar-refractivity contribution is 7.89. The third-order valence-electron chi connectivity index (χ3n) is 2.20. The molecule has 4 heteroatoms. The number of halogens is 1.